The number of hydrogen-bond donors (Lipinski definition) is 1. The minimum Gasteiger partial charge on any atom is 0 e. The maximum Gasteiger partial charge on any atom is 0 e. The smallest absolute Gasteiger partial charge is 0 e. The molecule has 0 fully saturated rings. The number of allylic oxidation sites excluding steroid dienone is 2. The number of aliphatic hydroxyl groups is 1. The summed E-state index contributed by atoms with van der Waals surface area (Å²) in [4.78, 5) is 14.1. The number of ketones is 1. The molecule has 1 radical (unpaired) electrons. The molecule has 0 aliphatic carbocycles. The molecule has 0 unspecified atom stereocenters. The van der Waals surface area contributed by atoms with Gasteiger partial charge >= 0.3 is 181 Å². The number of hydrogen-bond acceptors (Lipinski definition) is 3. The molecule has 4 rings (SSSR count). The number of carbonyl (C=O) groups excluding carboxylic acids is 1. The van der Waals surface area contributed by atoms with Crippen molar-refractivity contribution in [1.29, 1.82) is 0 Å². The molecule has 0 amide bonds. The van der Waals surface area contributed by atoms with Crippen LogP contribution in [0.4, 0.5) is 17.6 Å². The molecule has 40 heavy (non-hydrogen) atoms. The van der Waals surface area contributed by atoms with Gasteiger partial charge in [0, 0.05) is 26.2 Å². The zero-order valence-electron chi connectivity index (χ0n) is 23.0. The summed E-state index contributed by atoms with van der Waals surface area (Å²) in [7, 11) is 0. The van der Waals surface area contributed by atoms with Crippen LogP contribution in [-0.4, -0.2) is 29.1 Å². The second-order valence-corrected chi connectivity index (χ2v) is 21.0. The predicted octanol–water partition coefficient (Wildman–Crippen LogP) is 8.42. The van der Waals surface area contributed by atoms with Crippen molar-refractivity contribution in [2.75, 3.05) is 0 Å². The summed E-state index contributed by atoms with van der Waals surface area (Å²) in [6.45, 7) is 4.78. The molecule has 0 aliphatic rings. The number of pyridine rings is 1. The van der Waals surface area contributed by atoms with E-state index >= 15 is 4.39 Å². The Morgan fingerprint density at radius 3 is 2.17 bits per heavy atom. The third-order valence-corrected chi connectivity index (χ3v) is 10.3. The van der Waals surface area contributed by atoms with Crippen LogP contribution in [0.1, 0.15) is 25.0 Å². The van der Waals surface area contributed by atoms with E-state index in [1.807, 2.05) is 37.3 Å². The van der Waals surface area contributed by atoms with Crippen LogP contribution in [0.2, 0.25) is 17.3 Å². The van der Waals surface area contributed by atoms with Gasteiger partial charge in [-0.2, -0.15) is 0 Å². The van der Waals surface area contributed by atoms with E-state index in [0.717, 1.165) is 26.9 Å². The third-order valence-electron chi connectivity index (χ3n) is 6.00. The third kappa shape index (κ3) is 8.35. The van der Waals surface area contributed by atoms with Crippen LogP contribution in [0.15, 0.2) is 72.6 Å². The Bertz CT molecular complexity index is 1560. The molecule has 213 valence electrons. The van der Waals surface area contributed by atoms with Gasteiger partial charge in [-0.25, -0.2) is 0 Å². The minimum atomic E-state index is -4.66. The molecule has 9 heteroatoms. The first-order chi connectivity index (χ1) is 18.1. The Morgan fingerprint density at radius 1 is 1.00 bits per heavy atom. The predicted molar refractivity (Wildman–Crippen MR) is 151 cm³/mol. The maximum atomic E-state index is 15.1. The molecule has 1 heterocycles. The van der Waals surface area contributed by atoms with Gasteiger partial charge in [0.15, 0.2) is 5.78 Å². The first-order valence-electron chi connectivity index (χ1n) is 12.3. The molecule has 0 saturated carbocycles. The SMILES string of the molecule is CC(=O)/C=C(/C)O.Cc1cc(-c2cc(-c3cc[c]([Ge]([CH3])([CH3])[CH3])cc3F)c(C(F)(F)F)cn2)[c-]c2ccccc12.[Ir]. The van der Waals surface area contributed by atoms with Crippen molar-refractivity contribution < 1.29 is 47.6 Å². The average molecular weight is 789 g/mol. The van der Waals surface area contributed by atoms with Crippen molar-refractivity contribution in [2.45, 2.75) is 44.2 Å². The average Bonchev–Trinajstić information content (AvgIpc) is 2.82. The first-order valence-corrected chi connectivity index (χ1v) is 19.6. The van der Waals surface area contributed by atoms with Crippen molar-refractivity contribution in [1.82, 2.24) is 4.98 Å². The van der Waals surface area contributed by atoms with E-state index in [1.54, 1.807) is 6.07 Å². The Balaban J connectivity index is 0.000000623. The fourth-order valence-corrected chi connectivity index (χ4v) is 6.49. The summed E-state index contributed by atoms with van der Waals surface area (Å²) in [6, 6.07) is 18.7. The van der Waals surface area contributed by atoms with Gasteiger partial charge in [0.05, 0.1) is 5.76 Å². The van der Waals surface area contributed by atoms with Crippen LogP contribution in [0, 0.1) is 18.8 Å². The number of alkyl halides is 3. The van der Waals surface area contributed by atoms with Gasteiger partial charge in [-0.3, -0.25) is 4.79 Å². The molecule has 0 saturated heterocycles. The molecule has 0 aliphatic heterocycles. The Hall–Kier alpha value is -2.81. The zero-order chi connectivity index (χ0) is 29.1. The molecule has 1 aromatic heterocycles. The van der Waals surface area contributed by atoms with Crippen molar-refractivity contribution in [2.24, 2.45) is 0 Å². The monoisotopic (exact) mass is 791 g/mol. The van der Waals surface area contributed by atoms with Gasteiger partial charge < -0.3 is 5.11 Å². The fraction of sp³-hybridized carbons (Fsp3) is 0.226. The molecule has 4 aromatic rings. The number of rotatable bonds is 4. The summed E-state index contributed by atoms with van der Waals surface area (Å²) < 4.78 is 57.3. The number of benzene rings is 3. The topological polar surface area (TPSA) is 50.2 Å². The van der Waals surface area contributed by atoms with E-state index in [-0.39, 0.29) is 42.8 Å². The Labute approximate surface area is 248 Å². The van der Waals surface area contributed by atoms with E-state index in [0.29, 0.717) is 11.3 Å². The number of nitrogens with zero attached hydrogens (tertiary/aromatic N) is 1. The number of aryl methyl sites for hydroxylation is 1. The second-order valence-electron chi connectivity index (χ2n) is 10.4. The van der Waals surface area contributed by atoms with Gasteiger partial charge in [-0.15, -0.1) is 0 Å². The maximum absolute atomic E-state index is 15.1. The molecule has 0 bridgehead atoms. The van der Waals surface area contributed by atoms with E-state index < -0.39 is 30.8 Å². The zero-order valence-corrected chi connectivity index (χ0v) is 27.5. The van der Waals surface area contributed by atoms with Crippen LogP contribution >= 0.6 is 0 Å². The molecular formula is C31H30F4GeIrNO2-. The molecular weight excluding hydrogens is 759 g/mol. The van der Waals surface area contributed by atoms with Gasteiger partial charge in [0.25, 0.3) is 0 Å². The number of aliphatic hydroxyl groups excluding tert-OH is 1. The summed E-state index contributed by atoms with van der Waals surface area (Å²) in [5, 5.41) is 10.2. The fourth-order valence-electron chi connectivity index (χ4n) is 4.09. The molecule has 3 nitrogen and oxygen atoms in total. The Morgan fingerprint density at radius 2 is 1.65 bits per heavy atom. The summed E-state index contributed by atoms with van der Waals surface area (Å²) in [5.74, 6) is 5.62. The standard InChI is InChI=1S/C26H22F4GeN.C5H8O2.Ir/c1-16-11-18(12-17-7-5-6-8-20(16)17)25-14-22(23(15-32-25)26(28,29)30)21-10-9-19(13-24(21)27)31(2,3)4;1-4(6)3-5(2)7;/h5-11,13-15H,1-4H3;3,6H,1-2H3;/q-1;;/b;4-3-;. The van der Waals surface area contributed by atoms with Gasteiger partial charge in [-0.1, -0.05) is 6.07 Å². The molecule has 0 spiro atoms. The van der Waals surface area contributed by atoms with Crippen LogP contribution in [-0.2, 0) is 31.1 Å². The van der Waals surface area contributed by atoms with Gasteiger partial charge in [0.2, 0.25) is 0 Å². The molecule has 0 atom stereocenters. The van der Waals surface area contributed by atoms with Crippen molar-refractivity contribution in [3.8, 4) is 22.4 Å². The van der Waals surface area contributed by atoms with Crippen LogP contribution in [0.3, 0.4) is 0 Å². The van der Waals surface area contributed by atoms with E-state index in [2.05, 4.69) is 28.3 Å². The van der Waals surface area contributed by atoms with Crippen LogP contribution in [0.25, 0.3) is 33.2 Å². The normalized spacial score (nSPS) is 11.9. The number of aromatic nitrogens is 1. The minimum absolute atomic E-state index is 0. The molecule has 1 N–H and O–H groups in total. The van der Waals surface area contributed by atoms with Crippen LogP contribution < -0.4 is 4.40 Å². The number of halogens is 4. The van der Waals surface area contributed by atoms with E-state index in [9.17, 15) is 18.0 Å². The summed E-state index contributed by atoms with van der Waals surface area (Å²) in [5.41, 5.74) is 0.602. The largest absolute Gasteiger partial charge is 0 e. The van der Waals surface area contributed by atoms with Crippen molar-refractivity contribution >= 4 is 34.2 Å². The van der Waals surface area contributed by atoms with Gasteiger partial charge in [-0.05, 0) is 13.8 Å². The summed E-state index contributed by atoms with van der Waals surface area (Å²) in [6.07, 6.45) is -2.70. The molecule has 3 aromatic carbocycles. The number of fused-ring (bicyclic) bond motifs is 1. The number of carbonyl (C=O) groups is 1. The van der Waals surface area contributed by atoms with Crippen molar-refractivity contribution in [3.63, 3.8) is 0 Å². The van der Waals surface area contributed by atoms with E-state index in [4.69, 9.17) is 5.11 Å². The van der Waals surface area contributed by atoms with Crippen LogP contribution in [0.5, 0.6) is 0 Å². The second kappa shape index (κ2) is 13.2. The Kier molecular flexibility index (Phi) is 11.1. The summed E-state index contributed by atoms with van der Waals surface area (Å²) >= 11 is -2.34. The first kappa shape index (κ1) is 33.4. The van der Waals surface area contributed by atoms with E-state index in [1.165, 1.54) is 38.1 Å². The van der Waals surface area contributed by atoms with Gasteiger partial charge in [0.1, 0.15) is 0 Å². The quantitative estimate of drug-likeness (QED) is 0.0744. The van der Waals surface area contributed by atoms with Crippen molar-refractivity contribution in [3.05, 3.63) is 95.6 Å².